The highest BCUT2D eigenvalue weighted by Gasteiger charge is 2.40. The van der Waals surface area contributed by atoms with Gasteiger partial charge in [0.05, 0.1) is 13.2 Å². The number of hydrogen-bond acceptors (Lipinski definition) is 5. The maximum absolute atomic E-state index is 12.8. The largest absolute Gasteiger partial charge is 0.362 e. The molecule has 2 amide bonds. The number of likely N-dealkylation sites (N-methyl/N-ethyl adjacent to an activating group) is 1. The van der Waals surface area contributed by atoms with Gasteiger partial charge < -0.3 is 15.0 Å². The zero-order valence-corrected chi connectivity index (χ0v) is 14.3. The summed E-state index contributed by atoms with van der Waals surface area (Å²) < 4.78 is 7.24. The van der Waals surface area contributed by atoms with Crippen LogP contribution < -0.4 is 5.32 Å². The molecule has 24 heavy (non-hydrogen) atoms. The Morgan fingerprint density at radius 1 is 1.33 bits per heavy atom. The van der Waals surface area contributed by atoms with E-state index in [9.17, 15) is 9.59 Å². The zero-order chi connectivity index (χ0) is 17.5. The molecule has 1 aliphatic rings. The van der Waals surface area contributed by atoms with Crippen LogP contribution in [0.1, 0.15) is 28.8 Å². The first-order chi connectivity index (χ1) is 11.3. The van der Waals surface area contributed by atoms with E-state index in [1.807, 2.05) is 19.9 Å². The molecule has 1 saturated heterocycles. The summed E-state index contributed by atoms with van der Waals surface area (Å²) >= 11 is 0. The summed E-state index contributed by atoms with van der Waals surface area (Å²) in [5.74, 6) is -0.473. The SMILES string of the molecule is CNC(=O)[C@]1(C)CN(C(=O)c2cc3nc(C)cc(C)n3n2)CCO1. The van der Waals surface area contributed by atoms with Crippen molar-refractivity contribution in [2.75, 3.05) is 26.7 Å². The van der Waals surface area contributed by atoms with Crippen LogP contribution in [0.25, 0.3) is 5.65 Å². The number of nitrogens with zero attached hydrogens (tertiary/aromatic N) is 4. The van der Waals surface area contributed by atoms with Gasteiger partial charge in [0.1, 0.15) is 0 Å². The highest BCUT2D eigenvalue weighted by atomic mass is 16.5. The van der Waals surface area contributed by atoms with Gasteiger partial charge in [-0.3, -0.25) is 9.59 Å². The summed E-state index contributed by atoms with van der Waals surface area (Å²) in [5.41, 5.74) is 1.69. The van der Waals surface area contributed by atoms with E-state index in [-0.39, 0.29) is 18.4 Å². The summed E-state index contributed by atoms with van der Waals surface area (Å²) in [6.07, 6.45) is 0. The Labute approximate surface area is 139 Å². The van der Waals surface area contributed by atoms with Crippen LogP contribution in [0, 0.1) is 13.8 Å². The Morgan fingerprint density at radius 3 is 2.79 bits per heavy atom. The number of aromatic nitrogens is 3. The van der Waals surface area contributed by atoms with Crippen molar-refractivity contribution in [2.24, 2.45) is 0 Å². The molecule has 8 heteroatoms. The fourth-order valence-corrected chi connectivity index (χ4v) is 3.00. The lowest BCUT2D eigenvalue weighted by Crippen LogP contribution is -2.58. The van der Waals surface area contributed by atoms with Crippen LogP contribution in [-0.4, -0.2) is 63.7 Å². The van der Waals surface area contributed by atoms with Crippen molar-refractivity contribution in [3.8, 4) is 0 Å². The van der Waals surface area contributed by atoms with E-state index in [0.717, 1.165) is 11.4 Å². The maximum atomic E-state index is 12.8. The van der Waals surface area contributed by atoms with Crippen molar-refractivity contribution < 1.29 is 14.3 Å². The molecule has 1 N–H and O–H groups in total. The molecular weight excluding hydrogens is 310 g/mol. The van der Waals surface area contributed by atoms with E-state index >= 15 is 0 Å². The van der Waals surface area contributed by atoms with Crippen molar-refractivity contribution in [1.82, 2.24) is 24.8 Å². The molecule has 0 spiro atoms. The van der Waals surface area contributed by atoms with Crippen LogP contribution in [-0.2, 0) is 9.53 Å². The molecule has 3 heterocycles. The molecule has 8 nitrogen and oxygen atoms in total. The van der Waals surface area contributed by atoms with Gasteiger partial charge in [0.2, 0.25) is 0 Å². The fraction of sp³-hybridized carbons (Fsp3) is 0.500. The molecule has 0 aliphatic carbocycles. The number of morpholine rings is 1. The lowest BCUT2D eigenvalue weighted by molar-refractivity contribution is -0.153. The van der Waals surface area contributed by atoms with E-state index in [0.29, 0.717) is 24.5 Å². The molecule has 0 aromatic carbocycles. The van der Waals surface area contributed by atoms with Crippen LogP contribution >= 0.6 is 0 Å². The number of hydrogen-bond donors (Lipinski definition) is 1. The van der Waals surface area contributed by atoms with Gasteiger partial charge in [0.15, 0.2) is 16.9 Å². The van der Waals surface area contributed by atoms with E-state index in [2.05, 4.69) is 15.4 Å². The molecule has 1 fully saturated rings. The summed E-state index contributed by atoms with van der Waals surface area (Å²) in [6.45, 7) is 6.41. The van der Waals surface area contributed by atoms with Crippen LogP contribution in [0.15, 0.2) is 12.1 Å². The quantitative estimate of drug-likeness (QED) is 0.856. The van der Waals surface area contributed by atoms with Gasteiger partial charge >= 0.3 is 0 Å². The molecule has 0 saturated carbocycles. The lowest BCUT2D eigenvalue weighted by Gasteiger charge is -2.38. The average Bonchev–Trinajstić information content (AvgIpc) is 2.97. The number of rotatable bonds is 2. The van der Waals surface area contributed by atoms with E-state index in [1.165, 1.54) is 0 Å². The van der Waals surface area contributed by atoms with Crippen LogP contribution in [0.3, 0.4) is 0 Å². The third-order valence-corrected chi connectivity index (χ3v) is 4.22. The molecule has 2 aromatic rings. The summed E-state index contributed by atoms with van der Waals surface area (Å²) in [4.78, 5) is 30.8. The lowest BCUT2D eigenvalue weighted by atomic mass is 10.0. The number of nitrogens with one attached hydrogen (secondary N) is 1. The molecule has 0 radical (unpaired) electrons. The minimum absolute atomic E-state index is 0.185. The van der Waals surface area contributed by atoms with E-state index in [4.69, 9.17) is 4.74 Å². The molecule has 0 unspecified atom stereocenters. The normalized spacial score (nSPS) is 21.1. The third kappa shape index (κ3) is 2.73. The van der Waals surface area contributed by atoms with Gasteiger partial charge in [-0.1, -0.05) is 0 Å². The zero-order valence-electron chi connectivity index (χ0n) is 14.3. The predicted molar refractivity (Wildman–Crippen MR) is 86.8 cm³/mol. The summed E-state index contributed by atoms with van der Waals surface area (Å²) in [6, 6.07) is 3.58. The molecule has 0 bridgehead atoms. The van der Waals surface area contributed by atoms with Crippen molar-refractivity contribution in [1.29, 1.82) is 0 Å². The number of fused-ring (bicyclic) bond motifs is 1. The maximum Gasteiger partial charge on any atom is 0.274 e. The number of carbonyl (C=O) groups excluding carboxylic acids is 2. The topological polar surface area (TPSA) is 88.8 Å². The standard InChI is InChI=1S/C16H21N5O3/c1-10-7-11(2)21-13(18-10)8-12(19-21)14(22)20-5-6-24-16(3,9-20)15(23)17-4/h7-8H,5-6,9H2,1-4H3,(H,17,23)/t16-/m0/s1. The highest BCUT2D eigenvalue weighted by molar-refractivity contribution is 5.94. The van der Waals surface area contributed by atoms with Crippen molar-refractivity contribution >= 4 is 17.5 Å². The van der Waals surface area contributed by atoms with Gasteiger partial charge in [-0.25, -0.2) is 9.50 Å². The Morgan fingerprint density at radius 2 is 2.08 bits per heavy atom. The first-order valence-electron chi connectivity index (χ1n) is 7.83. The van der Waals surface area contributed by atoms with Crippen molar-refractivity contribution in [2.45, 2.75) is 26.4 Å². The Hall–Kier alpha value is -2.48. The summed E-state index contributed by atoms with van der Waals surface area (Å²) in [7, 11) is 1.55. The van der Waals surface area contributed by atoms with Crippen LogP contribution in [0.4, 0.5) is 0 Å². The summed E-state index contributed by atoms with van der Waals surface area (Å²) in [5, 5.41) is 6.94. The monoisotopic (exact) mass is 331 g/mol. The molecule has 1 atom stereocenters. The second-order valence-electron chi connectivity index (χ2n) is 6.22. The molecular formula is C16H21N5O3. The second kappa shape index (κ2) is 5.86. The Balaban J connectivity index is 1.89. The number of amides is 2. The molecule has 2 aromatic heterocycles. The molecule has 128 valence electrons. The van der Waals surface area contributed by atoms with Gasteiger partial charge in [0.25, 0.3) is 11.8 Å². The Kier molecular flexibility index (Phi) is 4.00. The first kappa shape index (κ1) is 16.4. The highest BCUT2D eigenvalue weighted by Crippen LogP contribution is 2.20. The second-order valence-corrected chi connectivity index (χ2v) is 6.22. The minimum atomic E-state index is -1.05. The van der Waals surface area contributed by atoms with E-state index < -0.39 is 5.60 Å². The van der Waals surface area contributed by atoms with Crippen LogP contribution in [0.5, 0.6) is 0 Å². The molecule has 3 rings (SSSR count). The van der Waals surface area contributed by atoms with Crippen molar-refractivity contribution in [3.05, 3.63) is 29.2 Å². The van der Waals surface area contributed by atoms with Gasteiger partial charge in [-0.05, 0) is 26.8 Å². The third-order valence-electron chi connectivity index (χ3n) is 4.22. The van der Waals surface area contributed by atoms with Crippen molar-refractivity contribution in [3.63, 3.8) is 0 Å². The van der Waals surface area contributed by atoms with Gasteiger partial charge in [-0.15, -0.1) is 0 Å². The smallest absolute Gasteiger partial charge is 0.274 e. The fourth-order valence-electron chi connectivity index (χ4n) is 3.00. The van der Waals surface area contributed by atoms with Crippen LogP contribution in [0.2, 0.25) is 0 Å². The average molecular weight is 331 g/mol. The Bertz CT molecular complexity index is 815. The minimum Gasteiger partial charge on any atom is -0.362 e. The first-order valence-corrected chi connectivity index (χ1v) is 7.83. The van der Waals surface area contributed by atoms with Gasteiger partial charge in [0, 0.05) is 31.0 Å². The number of carbonyl (C=O) groups is 2. The van der Waals surface area contributed by atoms with Gasteiger partial charge in [-0.2, -0.15) is 5.10 Å². The predicted octanol–water partition coefficient (Wildman–Crippen LogP) is 0.323. The number of aryl methyl sites for hydroxylation is 2. The number of ether oxygens (including phenoxy) is 1. The molecule has 1 aliphatic heterocycles. The van der Waals surface area contributed by atoms with E-state index in [1.54, 1.807) is 29.5 Å².